The van der Waals surface area contributed by atoms with Gasteiger partial charge in [-0.1, -0.05) is 17.7 Å². The molecule has 0 aliphatic heterocycles. The maximum absolute atomic E-state index is 12.1. The van der Waals surface area contributed by atoms with Crippen molar-refractivity contribution in [1.82, 2.24) is 4.57 Å². The Kier molecular flexibility index (Phi) is 3.43. The van der Waals surface area contributed by atoms with Crippen LogP contribution >= 0.6 is 27.5 Å². The van der Waals surface area contributed by atoms with Crippen molar-refractivity contribution in [2.75, 3.05) is 0 Å². The van der Waals surface area contributed by atoms with E-state index in [2.05, 4.69) is 15.9 Å². The van der Waals surface area contributed by atoms with Crippen LogP contribution in [-0.4, -0.2) is 16.3 Å². The van der Waals surface area contributed by atoms with Crippen molar-refractivity contribution in [2.45, 2.75) is 26.4 Å². The van der Waals surface area contributed by atoms with Crippen LogP contribution in [0.5, 0.6) is 0 Å². The van der Waals surface area contributed by atoms with E-state index in [0.29, 0.717) is 9.63 Å². The lowest BCUT2D eigenvalue weighted by atomic mass is 10.2. The number of fused-ring (bicyclic) bond motifs is 1. The zero-order chi connectivity index (χ0) is 13.5. The van der Waals surface area contributed by atoms with Crippen LogP contribution in [0.25, 0.3) is 10.9 Å². The summed E-state index contributed by atoms with van der Waals surface area (Å²) in [4.78, 5) is 12.1. The molecule has 0 atom stereocenters. The van der Waals surface area contributed by atoms with Gasteiger partial charge >= 0.3 is 6.09 Å². The summed E-state index contributed by atoms with van der Waals surface area (Å²) in [6.45, 7) is 5.49. The third-order valence-electron chi connectivity index (χ3n) is 2.32. The van der Waals surface area contributed by atoms with E-state index in [1.165, 1.54) is 4.57 Å². The zero-order valence-electron chi connectivity index (χ0n) is 10.3. The molecule has 0 bridgehead atoms. The van der Waals surface area contributed by atoms with Crippen molar-refractivity contribution in [1.29, 1.82) is 0 Å². The maximum Gasteiger partial charge on any atom is 0.419 e. The molecular weight excluding hydrogens is 318 g/mol. The van der Waals surface area contributed by atoms with E-state index >= 15 is 0 Å². The molecule has 0 N–H and O–H groups in total. The van der Waals surface area contributed by atoms with E-state index in [0.717, 1.165) is 10.9 Å². The van der Waals surface area contributed by atoms with Crippen molar-refractivity contribution in [2.24, 2.45) is 0 Å². The second-order valence-electron chi connectivity index (χ2n) is 4.96. The molecule has 1 aromatic carbocycles. The molecule has 3 nitrogen and oxygen atoms in total. The van der Waals surface area contributed by atoms with Crippen molar-refractivity contribution < 1.29 is 9.53 Å². The minimum absolute atomic E-state index is 0.424. The highest BCUT2D eigenvalue weighted by atomic mass is 79.9. The lowest BCUT2D eigenvalue weighted by molar-refractivity contribution is 0.0541. The molecule has 0 radical (unpaired) electrons. The number of carbonyl (C=O) groups is 1. The number of halogens is 2. The Bertz CT molecular complexity index is 613. The third kappa shape index (κ3) is 2.54. The maximum atomic E-state index is 12.1. The van der Waals surface area contributed by atoms with Gasteiger partial charge in [-0.25, -0.2) is 9.36 Å². The molecule has 1 heterocycles. The van der Waals surface area contributed by atoms with E-state index in [9.17, 15) is 4.79 Å². The lowest BCUT2D eigenvalue weighted by Crippen LogP contribution is -2.27. The number of rotatable bonds is 0. The van der Waals surface area contributed by atoms with Crippen LogP contribution in [0.1, 0.15) is 20.8 Å². The van der Waals surface area contributed by atoms with Crippen LogP contribution in [0.2, 0.25) is 5.02 Å². The Hall–Kier alpha value is -1.00. The standard InChI is InChI=1S/C13H13BrClNO2/c1-13(2,3)18-12(17)16-10-6-4-5-9(15)8(10)7-11(16)14/h4-7H,1-3H3. The molecule has 0 aliphatic rings. The first-order valence-electron chi connectivity index (χ1n) is 5.48. The largest absolute Gasteiger partial charge is 0.443 e. The first-order chi connectivity index (χ1) is 8.29. The van der Waals surface area contributed by atoms with Gasteiger partial charge in [-0.3, -0.25) is 0 Å². The van der Waals surface area contributed by atoms with Crippen LogP contribution < -0.4 is 0 Å². The number of benzene rings is 1. The molecule has 1 aromatic heterocycles. The van der Waals surface area contributed by atoms with Crippen LogP contribution in [0.3, 0.4) is 0 Å². The Balaban J connectivity index is 2.54. The summed E-state index contributed by atoms with van der Waals surface area (Å²) in [5, 5.41) is 1.42. The minimum Gasteiger partial charge on any atom is -0.443 e. The summed E-state index contributed by atoms with van der Waals surface area (Å²) < 4.78 is 7.45. The van der Waals surface area contributed by atoms with Crippen LogP contribution in [0.4, 0.5) is 4.79 Å². The molecule has 0 spiro atoms. The van der Waals surface area contributed by atoms with E-state index in [4.69, 9.17) is 16.3 Å². The highest BCUT2D eigenvalue weighted by Crippen LogP contribution is 2.30. The Morgan fingerprint density at radius 2 is 2.06 bits per heavy atom. The first kappa shape index (κ1) is 13.4. The molecule has 0 unspecified atom stereocenters. The van der Waals surface area contributed by atoms with Gasteiger partial charge in [0.1, 0.15) is 5.60 Å². The molecule has 0 fully saturated rings. The predicted molar refractivity (Wildman–Crippen MR) is 76.3 cm³/mol. The van der Waals surface area contributed by atoms with Gasteiger partial charge < -0.3 is 4.74 Å². The summed E-state index contributed by atoms with van der Waals surface area (Å²) in [6.07, 6.45) is -0.424. The molecule has 18 heavy (non-hydrogen) atoms. The average molecular weight is 331 g/mol. The summed E-state index contributed by atoms with van der Waals surface area (Å²) in [5.41, 5.74) is 0.190. The highest BCUT2D eigenvalue weighted by molar-refractivity contribution is 9.10. The Labute approximate surface area is 119 Å². The number of hydrogen-bond donors (Lipinski definition) is 0. The Morgan fingerprint density at radius 1 is 1.39 bits per heavy atom. The second kappa shape index (κ2) is 4.59. The second-order valence-corrected chi connectivity index (χ2v) is 6.18. The molecule has 0 aliphatic carbocycles. The number of hydrogen-bond acceptors (Lipinski definition) is 2. The summed E-state index contributed by atoms with van der Waals surface area (Å²) in [5.74, 6) is 0. The topological polar surface area (TPSA) is 31.2 Å². The van der Waals surface area contributed by atoms with Gasteiger partial charge in [0.2, 0.25) is 0 Å². The average Bonchev–Trinajstić information content (AvgIpc) is 2.53. The SMILES string of the molecule is CC(C)(C)OC(=O)n1c(Br)cc2c(Cl)cccc21. The van der Waals surface area contributed by atoms with Gasteiger partial charge in [0, 0.05) is 10.4 Å². The van der Waals surface area contributed by atoms with Crippen molar-refractivity contribution in [3.8, 4) is 0 Å². The molecular formula is C13H13BrClNO2. The van der Waals surface area contributed by atoms with Gasteiger partial charge in [-0.2, -0.15) is 0 Å². The van der Waals surface area contributed by atoms with E-state index in [1.807, 2.05) is 32.9 Å². The molecule has 2 rings (SSSR count). The number of ether oxygens (including phenoxy) is 1. The van der Waals surface area contributed by atoms with Crippen molar-refractivity contribution in [3.05, 3.63) is 33.9 Å². The smallest absolute Gasteiger partial charge is 0.419 e. The van der Waals surface area contributed by atoms with Gasteiger partial charge in [0.05, 0.1) is 10.1 Å². The molecule has 96 valence electrons. The normalized spacial score (nSPS) is 11.8. The molecule has 2 aromatic rings. The zero-order valence-corrected chi connectivity index (χ0v) is 12.7. The summed E-state index contributed by atoms with van der Waals surface area (Å²) in [6, 6.07) is 7.23. The van der Waals surface area contributed by atoms with Gasteiger partial charge in [-0.05, 0) is 54.9 Å². The predicted octanol–water partition coefficient (Wildman–Crippen LogP) is 4.84. The first-order valence-corrected chi connectivity index (χ1v) is 6.65. The number of nitrogens with zero attached hydrogens (tertiary/aromatic N) is 1. The van der Waals surface area contributed by atoms with E-state index < -0.39 is 11.7 Å². The number of aromatic nitrogens is 1. The fourth-order valence-corrected chi connectivity index (χ4v) is 2.44. The van der Waals surface area contributed by atoms with Crippen LogP contribution in [0.15, 0.2) is 28.9 Å². The molecule has 0 saturated carbocycles. The number of carbonyl (C=O) groups excluding carboxylic acids is 1. The van der Waals surface area contributed by atoms with Crippen molar-refractivity contribution >= 4 is 44.5 Å². The monoisotopic (exact) mass is 329 g/mol. The fourth-order valence-electron chi connectivity index (χ4n) is 1.66. The van der Waals surface area contributed by atoms with Gasteiger partial charge in [-0.15, -0.1) is 0 Å². The van der Waals surface area contributed by atoms with Crippen molar-refractivity contribution in [3.63, 3.8) is 0 Å². The lowest BCUT2D eigenvalue weighted by Gasteiger charge is -2.20. The van der Waals surface area contributed by atoms with Crippen LogP contribution in [0, 0.1) is 0 Å². The third-order valence-corrected chi connectivity index (χ3v) is 3.24. The van der Waals surface area contributed by atoms with Crippen LogP contribution in [-0.2, 0) is 4.74 Å². The molecule has 0 saturated heterocycles. The van der Waals surface area contributed by atoms with E-state index in [1.54, 1.807) is 12.1 Å². The van der Waals surface area contributed by atoms with E-state index in [-0.39, 0.29) is 0 Å². The summed E-state index contributed by atoms with van der Waals surface area (Å²) in [7, 11) is 0. The molecule has 5 heteroatoms. The molecule has 0 amide bonds. The fraction of sp³-hybridized carbons (Fsp3) is 0.308. The quantitative estimate of drug-likeness (QED) is 0.692. The Morgan fingerprint density at radius 3 is 2.67 bits per heavy atom. The van der Waals surface area contributed by atoms with Gasteiger partial charge in [0.15, 0.2) is 0 Å². The van der Waals surface area contributed by atoms with Gasteiger partial charge in [0.25, 0.3) is 0 Å². The minimum atomic E-state index is -0.536. The highest BCUT2D eigenvalue weighted by Gasteiger charge is 2.21. The summed E-state index contributed by atoms with van der Waals surface area (Å²) >= 11 is 9.45.